The third kappa shape index (κ3) is 6.38. The predicted molar refractivity (Wildman–Crippen MR) is 139 cm³/mol. The lowest BCUT2D eigenvalue weighted by Gasteiger charge is -2.30. The molecule has 2 heterocycles. The van der Waals surface area contributed by atoms with E-state index < -0.39 is 41.4 Å². The molecule has 1 aliphatic rings. The van der Waals surface area contributed by atoms with Crippen molar-refractivity contribution < 1.29 is 41.2 Å². The number of carbonyl (C=O) groups excluding carboxylic acids is 3. The maximum atomic E-state index is 14.8. The molecule has 0 unspecified atom stereocenters. The van der Waals surface area contributed by atoms with Crippen molar-refractivity contribution in [2.45, 2.75) is 12.7 Å². The average Bonchev–Trinajstić information content (AvgIpc) is 2.92. The van der Waals surface area contributed by atoms with Gasteiger partial charge in [0.15, 0.2) is 5.82 Å². The highest BCUT2D eigenvalue weighted by molar-refractivity contribution is 6.02. The molecule has 1 aromatic heterocycles. The van der Waals surface area contributed by atoms with Gasteiger partial charge in [0.25, 0.3) is 5.91 Å². The van der Waals surface area contributed by atoms with Crippen LogP contribution in [0.1, 0.15) is 15.9 Å². The van der Waals surface area contributed by atoms with E-state index in [1.165, 1.54) is 24.3 Å². The standard InChI is InChI=1S/C26H24F5N7O4/c1-36(2)12-11-32-24-34-19(14-7-9-15(10-8-14)22(39)37(3)42-23(40)26(29,30)31)16-13-33-25(41)38(21(16)35-24)20-17(27)5-4-6-18(20)28/h4-10H,11-13H2,1-3H3,(H,33,41)(H,32,34,35). The molecule has 222 valence electrons. The second kappa shape index (κ2) is 11.9. The summed E-state index contributed by atoms with van der Waals surface area (Å²) in [5.41, 5.74) is 0.153. The third-order valence-electron chi connectivity index (χ3n) is 5.96. The molecule has 3 aromatic rings. The van der Waals surface area contributed by atoms with Gasteiger partial charge in [0, 0.05) is 36.8 Å². The normalized spacial score (nSPS) is 13.0. The van der Waals surface area contributed by atoms with Gasteiger partial charge in [0.1, 0.15) is 17.3 Å². The average molecular weight is 594 g/mol. The summed E-state index contributed by atoms with van der Waals surface area (Å²) in [6.07, 6.45) is -5.29. The molecule has 0 atom stereocenters. The number of hydrogen-bond donors (Lipinski definition) is 2. The van der Waals surface area contributed by atoms with Crippen LogP contribution >= 0.6 is 0 Å². The summed E-state index contributed by atoms with van der Waals surface area (Å²) in [5.74, 6) is -5.64. The van der Waals surface area contributed by atoms with E-state index in [-0.39, 0.29) is 34.6 Å². The second-order valence-electron chi connectivity index (χ2n) is 9.25. The quantitative estimate of drug-likeness (QED) is 0.313. The van der Waals surface area contributed by atoms with Gasteiger partial charge in [-0.25, -0.2) is 28.3 Å². The molecule has 11 nitrogen and oxygen atoms in total. The Hall–Kier alpha value is -4.86. The summed E-state index contributed by atoms with van der Waals surface area (Å²) in [6.45, 7) is 0.845. The first kappa shape index (κ1) is 30.1. The molecule has 0 aliphatic carbocycles. The summed E-state index contributed by atoms with van der Waals surface area (Å²) in [5, 5.41) is 5.72. The van der Waals surface area contributed by atoms with Crippen LogP contribution in [0.3, 0.4) is 0 Å². The van der Waals surface area contributed by atoms with Crippen molar-refractivity contribution in [3.8, 4) is 11.3 Å². The van der Waals surface area contributed by atoms with Crippen molar-refractivity contribution in [1.29, 1.82) is 0 Å². The Labute approximate surface area is 235 Å². The van der Waals surface area contributed by atoms with Gasteiger partial charge in [-0.2, -0.15) is 23.2 Å². The highest BCUT2D eigenvalue weighted by Gasteiger charge is 2.43. The molecule has 4 rings (SSSR count). The number of fused-ring (bicyclic) bond motifs is 1. The van der Waals surface area contributed by atoms with E-state index in [1.807, 2.05) is 19.0 Å². The number of alkyl halides is 3. The van der Waals surface area contributed by atoms with Crippen LogP contribution in [0.2, 0.25) is 0 Å². The molecule has 0 saturated heterocycles. The molecule has 0 fully saturated rings. The highest BCUT2D eigenvalue weighted by Crippen LogP contribution is 2.38. The summed E-state index contributed by atoms with van der Waals surface area (Å²) >= 11 is 0. The van der Waals surface area contributed by atoms with E-state index in [2.05, 4.69) is 25.4 Å². The van der Waals surface area contributed by atoms with Crippen molar-refractivity contribution in [2.24, 2.45) is 0 Å². The number of benzene rings is 2. The Morgan fingerprint density at radius 3 is 2.29 bits per heavy atom. The predicted octanol–water partition coefficient (Wildman–Crippen LogP) is 3.85. The zero-order valence-electron chi connectivity index (χ0n) is 22.4. The van der Waals surface area contributed by atoms with Crippen LogP contribution in [-0.4, -0.2) is 78.2 Å². The van der Waals surface area contributed by atoms with Crippen molar-refractivity contribution in [3.05, 3.63) is 65.2 Å². The Morgan fingerprint density at radius 2 is 1.69 bits per heavy atom. The number of aromatic nitrogens is 2. The minimum absolute atomic E-state index is 0.0426. The van der Waals surface area contributed by atoms with Gasteiger partial charge in [0.2, 0.25) is 5.95 Å². The minimum atomic E-state index is -5.29. The number of urea groups is 1. The Kier molecular flexibility index (Phi) is 8.56. The van der Waals surface area contributed by atoms with E-state index in [9.17, 15) is 36.3 Å². The van der Waals surface area contributed by atoms with Crippen molar-refractivity contribution in [3.63, 3.8) is 0 Å². The fourth-order valence-corrected chi connectivity index (χ4v) is 3.95. The Balaban J connectivity index is 1.75. The van der Waals surface area contributed by atoms with Crippen LogP contribution in [0.5, 0.6) is 0 Å². The smallest absolute Gasteiger partial charge is 0.353 e. The number of likely N-dealkylation sites (N-methyl/N-ethyl adjacent to an activating group) is 1. The number of halogens is 5. The molecule has 3 amide bonds. The molecule has 42 heavy (non-hydrogen) atoms. The third-order valence-corrected chi connectivity index (χ3v) is 5.96. The van der Waals surface area contributed by atoms with E-state index in [1.54, 1.807) is 0 Å². The number of hydrogen-bond acceptors (Lipinski definition) is 8. The number of amides is 3. The zero-order valence-corrected chi connectivity index (χ0v) is 22.4. The van der Waals surface area contributed by atoms with Gasteiger partial charge < -0.3 is 20.4 Å². The SMILES string of the molecule is CN(C)CCNc1nc(-c2ccc(C(=O)N(C)OC(=O)C(F)(F)F)cc2)c2c(n1)N(c1c(F)cccc1F)C(=O)NC2. The Bertz CT molecular complexity index is 1500. The lowest BCUT2D eigenvalue weighted by Crippen LogP contribution is -2.43. The molecule has 2 aromatic carbocycles. The first-order valence-corrected chi connectivity index (χ1v) is 12.3. The molecule has 1 aliphatic heterocycles. The number of nitrogens with zero attached hydrogens (tertiary/aromatic N) is 5. The topological polar surface area (TPSA) is 120 Å². The van der Waals surface area contributed by atoms with Crippen molar-refractivity contribution >= 4 is 35.4 Å². The summed E-state index contributed by atoms with van der Waals surface area (Å²) < 4.78 is 67.1. The summed E-state index contributed by atoms with van der Waals surface area (Å²) in [6, 6.07) is 7.69. The van der Waals surface area contributed by atoms with Gasteiger partial charge in [-0.15, -0.1) is 0 Å². The van der Waals surface area contributed by atoms with E-state index >= 15 is 0 Å². The molecule has 0 radical (unpaired) electrons. The van der Waals surface area contributed by atoms with Crippen molar-refractivity contribution in [1.82, 2.24) is 25.2 Å². The fraction of sp³-hybridized carbons (Fsp3) is 0.269. The van der Waals surface area contributed by atoms with Gasteiger partial charge in [-0.1, -0.05) is 18.2 Å². The molecule has 16 heteroatoms. The van der Waals surface area contributed by atoms with Crippen molar-refractivity contribution in [2.75, 3.05) is 44.4 Å². The van der Waals surface area contributed by atoms with Crippen LogP contribution in [0.4, 0.5) is 44.2 Å². The molecule has 0 saturated carbocycles. The molecular formula is C26H24F5N7O4. The van der Waals surface area contributed by atoms with Gasteiger partial charge in [-0.3, -0.25) is 4.79 Å². The first-order valence-electron chi connectivity index (χ1n) is 12.3. The maximum Gasteiger partial charge on any atom is 0.493 e. The lowest BCUT2D eigenvalue weighted by molar-refractivity contribution is -0.225. The molecule has 2 N–H and O–H groups in total. The van der Waals surface area contributed by atoms with Crippen LogP contribution < -0.4 is 15.5 Å². The monoisotopic (exact) mass is 593 g/mol. The molecule has 0 spiro atoms. The largest absolute Gasteiger partial charge is 0.493 e. The van der Waals surface area contributed by atoms with Gasteiger partial charge in [0.05, 0.1) is 12.2 Å². The van der Waals surface area contributed by atoms with Crippen LogP contribution in [-0.2, 0) is 16.2 Å². The maximum absolute atomic E-state index is 14.8. The first-order chi connectivity index (χ1) is 19.8. The number of nitrogens with one attached hydrogen (secondary N) is 2. The van der Waals surface area contributed by atoms with Crippen LogP contribution in [0, 0.1) is 11.6 Å². The van der Waals surface area contributed by atoms with Gasteiger partial charge in [-0.05, 0) is 38.4 Å². The highest BCUT2D eigenvalue weighted by atomic mass is 19.4. The minimum Gasteiger partial charge on any atom is -0.353 e. The van der Waals surface area contributed by atoms with E-state index in [0.717, 1.165) is 30.1 Å². The molecule has 0 bridgehead atoms. The van der Waals surface area contributed by atoms with E-state index in [0.29, 0.717) is 24.2 Å². The van der Waals surface area contributed by atoms with Gasteiger partial charge >= 0.3 is 18.2 Å². The number of rotatable bonds is 7. The number of anilines is 3. The Morgan fingerprint density at radius 1 is 1.05 bits per heavy atom. The van der Waals surface area contributed by atoms with Crippen LogP contribution in [0.15, 0.2) is 42.5 Å². The number of para-hydroxylation sites is 1. The van der Waals surface area contributed by atoms with E-state index in [4.69, 9.17) is 0 Å². The second-order valence-corrected chi connectivity index (χ2v) is 9.25. The fourth-order valence-electron chi connectivity index (χ4n) is 3.95. The zero-order chi connectivity index (χ0) is 30.8. The lowest BCUT2D eigenvalue weighted by atomic mass is 10.0. The molecular weight excluding hydrogens is 569 g/mol. The summed E-state index contributed by atoms with van der Waals surface area (Å²) in [4.78, 5) is 52.1. The van der Waals surface area contributed by atoms with Crippen LogP contribution in [0.25, 0.3) is 11.3 Å². The number of carbonyl (C=O) groups is 3. The number of hydroxylamine groups is 2. The summed E-state index contributed by atoms with van der Waals surface area (Å²) in [7, 11) is 4.54.